The first kappa shape index (κ1) is 15.5. The number of alkyl halides is 3. The molecule has 1 rings (SSSR count). The van der Waals surface area contributed by atoms with Gasteiger partial charge in [-0.2, -0.15) is 13.2 Å². The maximum atomic E-state index is 12.6. The van der Waals surface area contributed by atoms with E-state index < -0.39 is 11.7 Å². The minimum absolute atomic E-state index is 0.0467. The van der Waals surface area contributed by atoms with Crippen molar-refractivity contribution < 1.29 is 22.6 Å². The Labute approximate surface area is 108 Å². The van der Waals surface area contributed by atoms with Crippen molar-refractivity contribution in [2.45, 2.75) is 12.3 Å². The van der Waals surface area contributed by atoms with E-state index in [1.165, 1.54) is 14.2 Å². The van der Waals surface area contributed by atoms with Gasteiger partial charge in [-0.1, -0.05) is 0 Å². The van der Waals surface area contributed by atoms with Crippen LogP contribution < -0.4 is 11.1 Å². The van der Waals surface area contributed by atoms with Crippen LogP contribution in [0.4, 0.5) is 24.8 Å². The van der Waals surface area contributed by atoms with E-state index in [0.29, 0.717) is 6.61 Å². The Morgan fingerprint density at radius 3 is 2.58 bits per heavy atom. The van der Waals surface area contributed by atoms with Crippen LogP contribution in [0.25, 0.3) is 0 Å². The molecule has 5 nitrogen and oxygen atoms in total. The third kappa shape index (κ3) is 4.92. The summed E-state index contributed by atoms with van der Waals surface area (Å²) in [7, 11) is 2.99. The summed E-state index contributed by atoms with van der Waals surface area (Å²) in [5.74, 6) is -0.150. The largest absolute Gasteiger partial charge is 0.416 e. The summed E-state index contributed by atoms with van der Waals surface area (Å²) in [6, 6.07) is 1.68. The molecule has 3 N–H and O–H groups in total. The summed E-state index contributed by atoms with van der Waals surface area (Å²) in [5.41, 5.74) is 4.50. The van der Waals surface area contributed by atoms with Gasteiger partial charge in [0, 0.05) is 20.8 Å². The van der Waals surface area contributed by atoms with Crippen LogP contribution in [0.5, 0.6) is 0 Å². The molecule has 1 aromatic heterocycles. The highest BCUT2D eigenvalue weighted by atomic mass is 19.4. The van der Waals surface area contributed by atoms with Crippen LogP contribution in [-0.2, 0) is 15.7 Å². The first-order valence-corrected chi connectivity index (χ1v) is 5.47. The molecule has 0 aliphatic heterocycles. The van der Waals surface area contributed by atoms with Gasteiger partial charge in [0.05, 0.1) is 18.3 Å². The van der Waals surface area contributed by atoms with Crippen molar-refractivity contribution in [2.75, 3.05) is 38.4 Å². The van der Waals surface area contributed by atoms with Crippen LogP contribution >= 0.6 is 0 Å². The third-order valence-electron chi connectivity index (χ3n) is 2.37. The highest BCUT2D eigenvalue weighted by Crippen LogP contribution is 2.31. The Kier molecular flexibility index (Phi) is 5.37. The van der Waals surface area contributed by atoms with Crippen LogP contribution in [0.2, 0.25) is 0 Å². The number of nitrogens with zero attached hydrogens (tertiary/aromatic N) is 1. The number of nitrogen functional groups attached to an aromatic ring is 1. The van der Waals surface area contributed by atoms with Gasteiger partial charge in [0.15, 0.2) is 0 Å². The summed E-state index contributed by atoms with van der Waals surface area (Å²) < 4.78 is 47.7. The Balaban J connectivity index is 2.76. The molecule has 0 aliphatic rings. The zero-order chi connectivity index (χ0) is 14.5. The van der Waals surface area contributed by atoms with Crippen LogP contribution in [0, 0.1) is 0 Å². The molecule has 1 aromatic rings. The quantitative estimate of drug-likeness (QED) is 0.830. The summed E-state index contributed by atoms with van der Waals surface area (Å²) >= 11 is 0. The molecule has 8 heteroatoms. The Morgan fingerprint density at radius 2 is 2.05 bits per heavy atom. The van der Waals surface area contributed by atoms with Gasteiger partial charge in [0.1, 0.15) is 11.6 Å². The highest BCUT2D eigenvalue weighted by molar-refractivity contribution is 5.47. The lowest BCUT2D eigenvalue weighted by Gasteiger charge is -2.16. The van der Waals surface area contributed by atoms with Crippen molar-refractivity contribution in [2.24, 2.45) is 0 Å². The fourth-order valence-electron chi connectivity index (χ4n) is 1.42. The number of rotatable bonds is 6. The second kappa shape index (κ2) is 6.58. The van der Waals surface area contributed by atoms with Gasteiger partial charge in [-0.05, 0) is 12.1 Å². The summed E-state index contributed by atoms with van der Waals surface area (Å²) in [4.78, 5) is 3.78. The second-order valence-electron chi connectivity index (χ2n) is 3.86. The van der Waals surface area contributed by atoms with E-state index in [0.717, 1.165) is 12.1 Å². The van der Waals surface area contributed by atoms with Crippen LogP contribution in [0.1, 0.15) is 5.56 Å². The first-order valence-electron chi connectivity index (χ1n) is 5.47. The molecule has 0 amide bonds. The summed E-state index contributed by atoms with van der Waals surface area (Å²) in [6.45, 7) is 0.579. The smallest absolute Gasteiger partial charge is 0.384 e. The summed E-state index contributed by atoms with van der Waals surface area (Å²) in [5, 5.41) is 2.74. The van der Waals surface area contributed by atoms with Gasteiger partial charge in [-0.15, -0.1) is 0 Å². The second-order valence-corrected chi connectivity index (χ2v) is 3.86. The van der Waals surface area contributed by atoms with Gasteiger partial charge >= 0.3 is 6.18 Å². The standard InChI is InChI=1S/C11H16F3N3O2/c1-18-6-8(19-2)5-16-10-4-7(11(12,13)14)3-9(15)17-10/h3-4,8H,5-6H2,1-2H3,(H3,15,16,17). The number of hydrogen-bond acceptors (Lipinski definition) is 5. The van der Waals surface area contributed by atoms with Crippen molar-refractivity contribution in [3.63, 3.8) is 0 Å². The molecule has 1 atom stereocenters. The molecule has 1 heterocycles. The number of ether oxygens (including phenoxy) is 2. The van der Waals surface area contributed by atoms with Gasteiger partial charge in [-0.25, -0.2) is 4.98 Å². The molecule has 0 bridgehead atoms. The van der Waals surface area contributed by atoms with E-state index in [1.54, 1.807) is 0 Å². The Hall–Kier alpha value is -1.54. The molecule has 0 fully saturated rings. The normalized spacial score (nSPS) is 13.3. The van der Waals surface area contributed by atoms with Crippen molar-refractivity contribution >= 4 is 11.6 Å². The zero-order valence-corrected chi connectivity index (χ0v) is 10.6. The average Bonchev–Trinajstić information content (AvgIpc) is 2.32. The number of methoxy groups -OCH3 is 2. The van der Waals surface area contributed by atoms with E-state index in [2.05, 4.69) is 10.3 Å². The van der Waals surface area contributed by atoms with Gasteiger partial charge < -0.3 is 20.5 Å². The number of pyridine rings is 1. The minimum Gasteiger partial charge on any atom is -0.384 e. The van der Waals surface area contributed by atoms with E-state index in [-0.39, 0.29) is 24.3 Å². The zero-order valence-electron chi connectivity index (χ0n) is 10.6. The topological polar surface area (TPSA) is 69.4 Å². The molecule has 0 saturated heterocycles. The van der Waals surface area contributed by atoms with E-state index in [9.17, 15) is 13.2 Å². The van der Waals surface area contributed by atoms with Crippen molar-refractivity contribution in [3.05, 3.63) is 17.7 Å². The molecular weight excluding hydrogens is 263 g/mol. The van der Waals surface area contributed by atoms with Gasteiger partial charge in [0.25, 0.3) is 0 Å². The van der Waals surface area contributed by atoms with Crippen LogP contribution in [-0.4, -0.2) is 38.5 Å². The maximum Gasteiger partial charge on any atom is 0.416 e. The van der Waals surface area contributed by atoms with Crippen LogP contribution in [0.3, 0.4) is 0 Å². The molecule has 0 aliphatic carbocycles. The van der Waals surface area contributed by atoms with Gasteiger partial charge in [0.2, 0.25) is 0 Å². The SMILES string of the molecule is COCC(CNc1cc(C(F)(F)F)cc(N)n1)OC. The molecule has 1 unspecified atom stereocenters. The monoisotopic (exact) mass is 279 g/mol. The fourth-order valence-corrected chi connectivity index (χ4v) is 1.42. The molecule has 0 saturated carbocycles. The highest BCUT2D eigenvalue weighted by Gasteiger charge is 2.31. The van der Waals surface area contributed by atoms with E-state index >= 15 is 0 Å². The molecular formula is C11H16F3N3O2. The van der Waals surface area contributed by atoms with Gasteiger partial charge in [-0.3, -0.25) is 0 Å². The number of halogens is 3. The predicted molar refractivity (Wildman–Crippen MR) is 64.8 cm³/mol. The average molecular weight is 279 g/mol. The molecule has 108 valence electrons. The number of hydrogen-bond donors (Lipinski definition) is 2. The molecule has 0 spiro atoms. The fraction of sp³-hybridized carbons (Fsp3) is 0.545. The lowest BCUT2D eigenvalue weighted by molar-refractivity contribution is -0.137. The third-order valence-corrected chi connectivity index (χ3v) is 2.37. The molecule has 0 radical (unpaired) electrons. The van der Waals surface area contributed by atoms with Crippen molar-refractivity contribution in [3.8, 4) is 0 Å². The lowest BCUT2D eigenvalue weighted by atomic mass is 10.2. The molecule has 0 aromatic carbocycles. The minimum atomic E-state index is -4.46. The van der Waals surface area contributed by atoms with Crippen molar-refractivity contribution in [1.29, 1.82) is 0 Å². The van der Waals surface area contributed by atoms with Crippen molar-refractivity contribution in [1.82, 2.24) is 4.98 Å². The summed E-state index contributed by atoms with van der Waals surface area (Å²) in [6.07, 6.45) is -4.75. The van der Waals surface area contributed by atoms with E-state index in [4.69, 9.17) is 15.2 Å². The number of nitrogens with one attached hydrogen (secondary N) is 1. The predicted octanol–water partition coefficient (Wildman–Crippen LogP) is 1.76. The Bertz CT molecular complexity index is 413. The maximum absolute atomic E-state index is 12.6. The molecule has 19 heavy (non-hydrogen) atoms. The number of nitrogens with two attached hydrogens (primary N) is 1. The first-order chi connectivity index (χ1) is 8.86. The van der Waals surface area contributed by atoms with Crippen LogP contribution in [0.15, 0.2) is 12.1 Å². The number of anilines is 2. The Morgan fingerprint density at radius 1 is 1.37 bits per heavy atom. The lowest BCUT2D eigenvalue weighted by Crippen LogP contribution is -2.27. The number of aromatic nitrogens is 1. The van der Waals surface area contributed by atoms with E-state index in [1.807, 2.05) is 0 Å².